The molecule has 3 aliphatic rings. The van der Waals surface area contributed by atoms with Crippen LogP contribution in [-0.4, -0.2) is 146 Å². The summed E-state index contributed by atoms with van der Waals surface area (Å²) in [6.07, 6.45) is 4.13. The molecule has 24 heteroatoms. The number of aliphatic imine (C=N–C) groups is 2. The molecule has 3 aliphatic heterocycles. The molecule has 0 aliphatic carbocycles. The van der Waals surface area contributed by atoms with Gasteiger partial charge < -0.3 is 49.4 Å². The van der Waals surface area contributed by atoms with Crippen LogP contribution in [0.3, 0.4) is 0 Å². The van der Waals surface area contributed by atoms with Gasteiger partial charge in [0.2, 0.25) is 17.4 Å². The number of carbonyl (C=O) groups is 3. The Balaban J connectivity index is 0.00000108. The summed E-state index contributed by atoms with van der Waals surface area (Å²) in [6, 6.07) is 15.5. The van der Waals surface area contributed by atoms with E-state index in [1.807, 2.05) is 90.1 Å². The number of nitrogens with zero attached hydrogens (tertiary/aromatic N) is 3. The third-order valence-electron chi connectivity index (χ3n) is 9.61. The van der Waals surface area contributed by atoms with Crippen molar-refractivity contribution in [1.82, 2.24) is 4.90 Å². The molecule has 0 radical (unpaired) electrons. The second kappa shape index (κ2) is 32.2. The van der Waals surface area contributed by atoms with Crippen molar-refractivity contribution in [3.63, 3.8) is 0 Å². The monoisotopic (exact) mass is 1070 g/mol. The number of carbonyl (C=O) groups excluding carboxylic acids is 3. The van der Waals surface area contributed by atoms with Gasteiger partial charge in [0.1, 0.15) is 36.4 Å². The van der Waals surface area contributed by atoms with Crippen LogP contribution >= 0.6 is 24.8 Å². The van der Waals surface area contributed by atoms with E-state index >= 15 is 0 Å². The van der Waals surface area contributed by atoms with Gasteiger partial charge in [0, 0.05) is 94.9 Å². The predicted molar refractivity (Wildman–Crippen MR) is 276 cm³/mol. The third kappa shape index (κ3) is 23.5. The molecule has 0 aromatic heterocycles. The molecule has 20 nitrogen and oxygen atoms in total. The molecule has 3 aromatic rings. The zero-order valence-electron chi connectivity index (χ0n) is 41.8. The summed E-state index contributed by atoms with van der Waals surface area (Å²) in [5.74, 6) is -0.946. The van der Waals surface area contributed by atoms with Crippen molar-refractivity contribution < 1.29 is 70.6 Å². The summed E-state index contributed by atoms with van der Waals surface area (Å²) in [5.41, 5.74) is 15.1. The summed E-state index contributed by atoms with van der Waals surface area (Å²) >= 11 is 0.671. The van der Waals surface area contributed by atoms with Gasteiger partial charge >= 0.3 is 57.4 Å². The topological polar surface area (TPSA) is 272 Å². The molecule has 3 unspecified atom stereocenters. The van der Waals surface area contributed by atoms with Crippen molar-refractivity contribution in [2.45, 2.75) is 97.7 Å². The average molecular weight is 1070 g/mol. The maximum absolute atomic E-state index is 12.4. The number of methoxy groups -OCH3 is 2. The Morgan fingerprint density at radius 3 is 1.48 bits per heavy atom. The molecule has 71 heavy (non-hydrogen) atoms. The van der Waals surface area contributed by atoms with Crippen molar-refractivity contribution >= 4 is 82.6 Å². The van der Waals surface area contributed by atoms with E-state index in [1.165, 1.54) is 14.2 Å². The van der Waals surface area contributed by atoms with E-state index in [4.69, 9.17) is 54.4 Å². The number of aldehydes is 1. The van der Waals surface area contributed by atoms with Gasteiger partial charge in [0.15, 0.2) is 12.3 Å². The van der Waals surface area contributed by atoms with Crippen LogP contribution in [0.5, 0.6) is 17.2 Å². The van der Waals surface area contributed by atoms with Crippen LogP contribution in [0.2, 0.25) is 0 Å². The number of para-hydroxylation sites is 3. The minimum Gasteiger partial charge on any atom is -0.227 e. The van der Waals surface area contributed by atoms with Gasteiger partial charge in [0.05, 0.1) is 60.0 Å². The van der Waals surface area contributed by atoms with Gasteiger partial charge in [0.25, 0.3) is 0 Å². The van der Waals surface area contributed by atoms with Crippen LogP contribution in [0, 0.1) is 13.8 Å². The van der Waals surface area contributed by atoms with Crippen LogP contribution in [0.1, 0.15) is 86.6 Å². The fourth-order valence-electron chi connectivity index (χ4n) is 5.82. The van der Waals surface area contributed by atoms with Crippen LogP contribution in [0.15, 0.2) is 64.6 Å². The van der Waals surface area contributed by atoms with E-state index in [0.717, 1.165) is 59.5 Å². The number of benzene rings is 3. The van der Waals surface area contributed by atoms with Crippen molar-refractivity contribution in [2.75, 3.05) is 46.9 Å². The third-order valence-corrected chi connectivity index (χ3v) is 10.2. The van der Waals surface area contributed by atoms with Crippen LogP contribution < -0.4 is 25.7 Å². The minimum atomic E-state index is -3.33. The maximum Gasteiger partial charge on any atom is 0.142 e. The number of ether oxygens (including phenoxy) is 8. The van der Waals surface area contributed by atoms with E-state index in [0.29, 0.717) is 56.7 Å². The van der Waals surface area contributed by atoms with E-state index in [9.17, 15) is 18.6 Å². The van der Waals surface area contributed by atoms with Crippen LogP contribution in [0.25, 0.3) is 0 Å². The van der Waals surface area contributed by atoms with Crippen molar-refractivity contribution in [1.29, 1.82) is 0 Å². The Bertz CT molecular complexity index is 2300. The number of halogens is 2. The fourth-order valence-corrected chi connectivity index (χ4v) is 5.82. The zero-order chi connectivity index (χ0) is 52.0. The average Bonchev–Trinajstić information content (AvgIpc) is 3.32. The summed E-state index contributed by atoms with van der Waals surface area (Å²) < 4.78 is 64.2. The Labute approximate surface area is 440 Å². The van der Waals surface area contributed by atoms with Gasteiger partial charge in [-0.3, -0.25) is 19.6 Å². The first kappa shape index (κ1) is 66.9. The molecule has 0 amide bonds. The molecule has 3 atom stereocenters. The number of fused-ring (bicyclic) bond motifs is 3. The first-order valence-corrected chi connectivity index (χ1v) is 24.9. The maximum atomic E-state index is 12.4. The molecule has 0 fully saturated rings. The van der Waals surface area contributed by atoms with Crippen molar-refractivity contribution in [2.24, 2.45) is 21.5 Å². The summed E-state index contributed by atoms with van der Waals surface area (Å²) in [6.45, 7) is 25.1. The normalized spacial score (nSPS) is 16.8. The quantitative estimate of drug-likeness (QED) is 0.0304. The summed E-state index contributed by atoms with van der Waals surface area (Å²) in [7, 11) is -0.714. The molecule has 392 valence electrons. The van der Waals surface area contributed by atoms with Gasteiger partial charge in [-0.25, -0.2) is 9.69 Å². The molecular weight excluding hydrogens is 1000 g/mol. The van der Waals surface area contributed by atoms with Crippen molar-refractivity contribution in [3.05, 3.63) is 102 Å². The van der Waals surface area contributed by atoms with E-state index in [2.05, 4.69) is 44.7 Å². The number of hydrogen-bond acceptors (Lipinski definition) is 19. The van der Waals surface area contributed by atoms with E-state index in [-0.39, 0.29) is 37.9 Å². The molecule has 6 N–H and O–H groups in total. The van der Waals surface area contributed by atoms with Gasteiger partial charge in [-0.1, -0.05) is 43.3 Å². The molecule has 0 saturated carbocycles. The Kier molecular flexibility index (Phi) is 30.3. The zero-order valence-corrected chi connectivity index (χ0v) is 45.6. The second-order valence-corrected chi connectivity index (χ2v) is 19.8. The molecule has 3 aromatic carbocycles. The van der Waals surface area contributed by atoms with Gasteiger partial charge in [-0.2, -0.15) is 0 Å². The van der Waals surface area contributed by atoms with Gasteiger partial charge in [-0.05, 0) is 18.2 Å². The number of nitrogens with two attached hydrogens (primary N) is 2. The summed E-state index contributed by atoms with van der Waals surface area (Å²) in [4.78, 5) is 44.6. The number of esters is 2. The van der Waals surface area contributed by atoms with E-state index < -0.39 is 48.7 Å². The minimum absolute atomic E-state index is 0. The largest absolute Gasteiger partial charge is 0.227 e. The number of rotatable bonds is 13. The molecule has 3 heterocycles. The Morgan fingerprint density at radius 1 is 0.789 bits per heavy atom. The first-order valence-electron chi connectivity index (χ1n) is 21.6. The van der Waals surface area contributed by atoms with Crippen LogP contribution in [0.4, 0.5) is 0 Å². The fraction of sp³-hybridized carbons (Fsp3) is 0.468. The van der Waals surface area contributed by atoms with E-state index in [1.54, 1.807) is 18.5 Å². The first-order chi connectivity index (χ1) is 32.4. The molecular formula is C47H69Cl2MgN5O15S+2. The smallest absolute Gasteiger partial charge is 0.142 e. The molecule has 0 spiro atoms. The molecule has 0 saturated heterocycles. The predicted octanol–water partition coefficient (Wildman–Crippen LogP) is 5.70. The van der Waals surface area contributed by atoms with Crippen LogP contribution in [-0.2, 0) is 64.7 Å². The Morgan fingerprint density at radius 2 is 1.17 bits per heavy atom. The molecule has 6 rings (SSSR count). The SMILES string of the molecule is CC1(C)OCc2cccc(C=O)c2O1.COC(=O)C(CN=Cc1cccc2c1OC(C)(C)OC2)N=Cc1cccc2c1OC(C)(C)OC2.COC(=O)C(N)CN.Cl.Cl.O=[S](O)(=[Mg])OO.[CH2+]CN(C[CH2+])CC. The standard InChI is InChI=1S/C26H30N2O6.C11H12O3.C6H13N.C4H10N2O2.2ClH.Mg.H2O4S/c1-25(2)31-15-19-10-6-8-17(22(19)33-25)12-27-14-21(24(29)30-5)28-13-18-9-7-11-20-16-32-26(3,4)34-23(18)20;1-11(2)13-7-9-5-3-4-8(6-12)10(9)14-11;1-4-7(5-2)6-3;1-8-4(7)3(6)2-5;;;;1-4-5(2)3/h6-13,21H,14-16H2,1-5H3;3-6H,7H2,1-2H3;1-2,4-6H2,3H3;3H,2,5-6H2,1H3;2*1H;;1H,(H,2,3)/q;;+2;;;;;. The summed E-state index contributed by atoms with van der Waals surface area (Å²) in [5, 5.41) is 7.38. The van der Waals surface area contributed by atoms with Gasteiger partial charge in [-0.15, -0.1) is 24.8 Å². The molecule has 0 bridgehead atoms. The number of hydrogen-bond donors (Lipinski definition) is 4. The Hall–Kier alpha value is -4.11. The van der Waals surface area contributed by atoms with Crippen molar-refractivity contribution in [3.8, 4) is 17.2 Å². The second-order valence-electron chi connectivity index (χ2n) is 16.3.